The number of ether oxygens (including phenoxy) is 1. The van der Waals surface area contributed by atoms with Crippen molar-refractivity contribution in [3.05, 3.63) is 47.5 Å². The van der Waals surface area contributed by atoms with Crippen LogP contribution in [0, 0.1) is 5.92 Å². The second-order valence-corrected chi connectivity index (χ2v) is 4.42. The Labute approximate surface area is 95.9 Å². The number of esters is 1. The molecule has 2 rings (SSSR count). The zero-order chi connectivity index (χ0) is 11.5. The van der Waals surface area contributed by atoms with Gasteiger partial charge in [-0.15, -0.1) is 0 Å². The average molecular weight is 216 g/mol. The van der Waals surface area contributed by atoms with Crippen LogP contribution in [0.5, 0.6) is 0 Å². The molecule has 0 aromatic heterocycles. The van der Waals surface area contributed by atoms with Crippen LogP contribution in [-0.4, -0.2) is 12.6 Å². The summed E-state index contributed by atoms with van der Waals surface area (Å²) in [7, 11) is 0. The Morgan fingerprint density at radius 2 is 1.94 bits per heavy atom. The van der Waals surface area contributed by atoms with E-state index in [1.54, 1.807) is 6.92 Å². The molecule has 1 aromatic rings. The molecular formula is C14H16O2. The molecule has 1 aliphatic carbocycles. The normalized spacial score (nSPS) is 14.6. The van der Waals surface area contributed by atoms with Gasteiger partial charge in [-0.25, -0.2) is 4.79 Å². The maximum absolute atomic E-state index is 11.3. The van der Waals surface area contributed by atoms with Gasteiger partial charge >= 0.3 is 5.97 Å². The number of hydrogen-bond acceptors (Lipinski definition) is 2. The van der Waals surface area contributed by atoms with Crippen molar-refractivity contribution in [2.75, 3.05) is 6.61 Å². The predicted octanol–water partition coefficient (Wildman–Crippen LogP) is 2.52. The van der Waals surface area contributed by atoms with Gasteiger partial charge in [0.05, 0.1) is 6.61 Å². The van der Waals surface area contributed by atoms with Crippen LogP contribution in [0.3, 0.4) is 0 Å². The summed E-state index contributed by atoms with van der Waals surface area (Å²) in [6.07, 6.45) is 2.03. The Kier molecular flexibility index (Phi) is 3.09. The Hall–Kier alpha value is -1.57. The van der Waals surface area contributed by atoms with Gasteiger partial charge in [0.25, 0.3) is 0 Å². The van der Waals surface area contributed by atoms with Crippen molar-refractivity contribution >= 4 is 5.97 Å². The molecule has 0 bridgehead atoms. The molecule has 0 fully saturated rings. The van der Waals surface area contributed by atoms with Gasteiger partial charge in [-0.05, 0) is 30.9 Å². The molecule has 0 saturated carbocycles. The fourth-order valence-corrected chi connectivity index (χ4v) is 2.08. The van der Waals surface area contributed by atoms with E-state index in [0.29, 0.717) is 18.1 Å². The minimum absolute atomic E-state index is 0.282. The van der Waals surface area contributed by atoms with E-state index in [1.807, 2.05) is 0 Å². The Bertz CT molecular complexity index is 395. The summed E-state index contributed by atoms with van der Waals surface area (Å²) in [5, 5.41) is 0. The number of rotatable bonds is 3. The van der Waals surface area contributed by atoms with Gasteiger partial charge in [-0.1, -0.05) is 30.8 Å². The van der Waals surface area contributed by atoms with Crippen molar-refractivity contribution in [2.24, 2.45) is 5.92 Å². The van der Waals surface area contributed by atoms with Crippen molar-refractivity contribution in [1.29, 1.82) is 0 Å². The van der Waals surface area contributed by atoms with Crippen molar-refractivity contribution in [1.82, 2.24) is 0 Å². The molecule has 1 aromatic carbocycles. The van der Waals surface area contributed by atoms with Crippen molar-refractivity contribution in [3.63, 3.8) is 0 Å². The third-order valence-corrected chi connectivity index (χ3v) is 2.93. The van der Waals surface area contributed by atoms with Crippen molar-refractivity contribution in [2.45, 2.75) is 19.8 Å². The lowest BCUT2D eigenvalue weighted by Crippen LogP contribution is -2.14. The van der Waals surface area contributed by atoms with Crippen LogP contribution in [0.4, 0.5) is 0 Å². The molecule has 0 saturated heterocycles. The molecule has 0 N–H and O–H groups in total. The Morgan fingerprint density at radius 1 is 1.38 bits per heavy atom. The zero-order valence-corrected chi connectivity index (χ0v) is 9.53. The number of carbonyl (C=O) groups is 1. The predicted molar refractivity (Wildman–Crippen MR) is 63.1 cm³/mol. The molecule has 0 atom stereocenters. The molecule has 84 valence electrons. The monoisotopic (exact) mass is 216 g/mol. The molecule has 0 amide bonds. The molecule has 2 heteroatoms. The van der Waals surface area contributed by atoms with Gasteiger partial charge in [0.1, 0.15) is 0 Å². The summed E-state index contributed by atoms with van der Waals surface area (Å²) in [4.78, 5) is 11.3. The van der Waals surface area contributed by atoms with Gasteiger partial charge in [-0.2, -0.15) is 0 Å². The van der Waals surface area contributed by atoms with E-state index in [-0.39, 0.29) is 5.97 Å². The van der Waals surface area contributed by atoms with Crippen LogP contribution < -0.4 is 0 Å². The molecule has 1 aliphatic rings. The topological polar surface area (TPSA) is 26.3 Å². The summed E-state index contributed by atoms with van der Waals surface area (Å²) in [5.41, 5.74) is 3.24. The Morgan fingerprint density at radius 3 is 2.44 bits per heavy atom. The molecule has 0 spiro atoms. The third-order valence-electron chi connectivity index (χ3n) is 2.93. The van der Waals surface area contributed by atoms with Crippen LogP contribution in [0.2, 0.25) is 0 Å². The number of carbonyl (C=O) groups excluding carboxylic acids is 1. The molecule has 0 heterocycles. The molecule has 0 radical (unpaired) electrons. The van der Waals surface area contributed by atoms with E-state index in [9.17, 15) is 4.79 Å². The SMILES string of the molecule is C=C(C)C(=O)OCC1Cc2ccccc2C1. The van der Waals surface area contributed by atoms with Gasteiger partial charge in [0.15, 0.2) is 0 Å². The van der Waals surface area contributed by atoms with Gasteiger partial charge in [-0.3, -0.25) is 0 Å². The molecule has 2 nitrogen and oxygen atoms in total. The van der Waals surface area contributed by atoms with E-state index in [2.05, 4.69) is 30.8 Å². The molecular weight excluding hydrogens is 200 g/mol. The molecule has 0 unspecified atom stereocenters. The van der Waals surface area contributed by atoms with Gasteiger partial charge in [0.2, 0.25) is 0 Å². The average Bonchev–Trinajstić information content (AvgIpc) is 2.68. The first kappa shape index (κ1) is 10.9. The lowest BCUT2D eigenvalue weighted by Gasteiger charge is -2.09. The van der Waals surface area contributed by atoms with Crippen LogP contribution >= 0.6 is 0 Å². The highest BCUT2D eigenvalue weighted by molar-refractivity contribution is 5.86. The summed E-state index contributed by atoms with van der Waals surface area (Å²) >= 11 is 0. The van der Waals surface area contributed by atoms with Crippen LogP contribution in [0.15, 0.2) is 36.4 Å². The highest BCUT2D eigenvalue weighted by atomic mass is 16.5. The van der Waals surface area contributed by atoms with Gasteiger partial charge in [0, 0.05) is 11.5 Å². The van der Waals surface area contributed by atoms with Crippen LogP contribution in [-0.2, 0) is 22.4 Å². The molecule has 0 aliphatic heterocycles. The fraction of sp³-hybridized carbons (Fsp3) is 0.357. The minimum atomic E-state index is -0.282. The number of benzene rings is 1. The van der Waals surface area contributed by atoms with Gasteiger partial charge < -0.3 is 4.74 Å². The van der Waals surface area contributed by atoms with Crippen LogP contribution in [0.1, 0.15) is 18.1 Å². The van der Waals surface area contributed by atoms with E-state index in [4.69, 9.17) is 4.74 Å². The molecule has 16 heavy (non-hydrogen) atoms. The Balaban J connectivity index is 1.88. The lowest BCUT2D eigenvalue weighted by atomic mass is 10.1. The van der Waals surface area contributed by atoms with E-state index >= 15 is 0 Å². The maximum Gasteiger partial charge on any atom is 0.333 e. The summed E-state index contributed by atoms with van der Waals surface area (Å²) < 4.78 is 5.18. The maximum atomic E-state index is 11.3. The van der Waals surface area contributed by atoms with Crippen molar-refractivity contribution < 1.29 is 9.53 Å². The number of fused-ring (bicyclic) bond motifs is 1. The summed E-state index contributed by atoms with van der Waals surface area (Å²) in [5.74, 6) is 0.150. The first-order valence-electron chi connectivity index (χ1n) is 5.56. The minimum Gasteiger partial charge on any atom is -0.462 e. The second kappa shape index (κ2) is 4.52. The second-order valence-electron chi connectivity index (χ2n) is 4.42. The standard InChI is InChI=1S/C14H16O2/c1-10(2)14(15)16-9-11-7-12-5-3-4-6-13(12)8-11/h3-6,11H,1,7-9H2,2H3. The summed E-state index contributed by atoms with van der Waals surface area (Å²) in [6.45, 7) is 5.74. The smallest absolute Gasteiger partial charge is 0.333 e. The van der Waals surface area contributed by atoms with E-state index < -0.39 is 0 Å². The van der Waals surface area contributed by atoms with E-state index in [0.717, 1.165) is 12.8 Å². The lowest BCUT2D eigenvalue weighted by molar-refractivity contribution is -0.140. The van der Waals surface area contributed by atoms with E-state index in [1.165, 1.54) is 11.1 Å². The fourth-order valence-electron chi connectivity index (χ4n) is 2.08. The summed E-state index contributed by atoms with van der Waals surface area (Å²) in [6, 6.07) is 8.41. The quantitative estimate of drug-likeness (QED) is 0.573. The zero-order valence-electron chi connectivity index (χ0n) is 9.53. The first-order valence-corrected chi connectivity index (χ1v) is 5.56. The largest absolute Gasteiger partial charge is 0.462 e. The number of hydrogen-bond donors (Lipinski definition) is 0. The van der Waals surface area contributed by atoms with Crippen LogP contribution in [0.25, 0.3) is 0 Å². The highest BCUT2D eigenvalue weighted by Crippen LogP contribution is 2.26. The highest BCUT2D eigenvalue weighted by Gasteiger charge is 2.22. The third kappa shape index (κ3) is 2.32. The van der Waals surface area contributed by atoms with Crippen molar-refractivity contribution in [3.8, 4) is 0 Å². The first-order chi connectivity index (χ1) is 7.66.